The van der Waals surface area contributed by atoms with E-state index < -0.39 is 0 Å². The second-order valence-corrected chi connectivity index (χ2v) is 5.96. The van der Waals surface area contributed by atoms with Gasteiger partial charge in [-0.25, -0.2) is 4.98 Å². The summed E-state index contributed by atoms with van der Waals surface area (Å²) in [7, 11) is 0. The minimum Gasteiger partial charge on any atom is -0.341 e. The standard InChI is InChI=1S/C21H18N2/c1-21(16-10-4-2-5-11-16,17-12-6-3-7-13-17)20-22-18-14-8-9-15-19(18)23-20/h2-15H,1H3,(H,22,23). The van der Waals surface area contributed by atoms with Crippen LogP contribution in [0.25, 0.3) is 11.0 Å². The number of hydrogen-bond donors (Lipinski definition) is 1. The second kappa shape index (κ2) is 5.40. The Morgan fingerprint density at radius 1 is 0.696 bits per heavy atom. The molecule has 0 fully saturated rings. The van der Waals surface area contributed by atoms with E-state index in [1.54, 1.807) is 0 Å². The molecule has 0 aliphatic rings. The highest BCUT2D eigenvalue weighted by Gasteiger charge is 2.34. The van der Waals surface area contributed by atoms with Crippen molar-refractivity contribution in [2.75, 3.05) is 0 Å². The highest BCUT2D eigenvalue weighted by Crippen LogP contribution is 2.37. The van der Waals surface area contributed by atoms with Gasteiger partial charge in [-0.05, 0) is 30.2 Å². The first-order chi connectivity index (χ1) is 11.3. The molecule has 2 nitrogen and oxygen atoms in total. The molecule has 1 N–H and O–H groups in total. The molecule has 0 amide bonds. The van der Waals surface area contributed by atoms with E-state index in [9.17, 15) is 0 Å². The van der Waals surface area contributed by atoms with Gasteiger partial charge < -0.3 is 4.98 Å². The van der Waals surface area contributed by atoms with Crippen LogP contribution in [0.5, 0.6) is 0 Å². The van der Waals surface area contributed by atoms with Crippen molar-refractivity contribution in [1.29, 1.82) is 0 Å². The molecule has 2 heteroatoms. The molecule has 112 valence electrons. The molecule has 0 bridgehead atoms. The molecular formula is C21H18N2. The molecule has 3 aromatic carbocycles. The fourth-order valence-electron chi connectivity index (χ4n) is 3.17. The van der Waals surface area contributed by atoms with Gasteiger partial charge in [0.25, 0.3) is 0 Å². The van der Waals surface area contributed by atoms with Gasteiger partial charge in [-0.2, -0.15) is 0 Å². The van der Waals surface area contributed by atoms with Crippen molar-refractivity contribution >= 4 is 11.0 Å². The molecular weight excluding hydrogens is 280 g/mol. The lowest BCUT2D eigenvalue weighted by atomic mass is 9.75. The molecule has 4 aromatic rings. The van der Waals surface area contributed by atoms with Crippen molar-refractivity contribution in [3.05, 3.63) is 102 Å². The number of nitrogens with one attached hydrogen (secondary N) is 1. The molecule has 4 rings (SSSR count). The van der Waals surface area contributed by atoms with Gasteiger partial charge in [-0.15, -0.1) is 0 Å². The van der Waals surface area contributed by atoms with E-state index in [1.165, 1.54) is 11.1 Å². The zero-order chi connectivity index (χ0) is 15.7. The van der Waals surface area contributed by atoms with E-state index in [1.807, 2.05) is 30.3 Å². The van der Waals surface area contributed by atoms with E-state index in [2.05, 4.69) is 66.5 Å². The van der Waals surface area contributed by atoms with E-state index in [0.717, 1.165) is 16.9 Å². The molecule has 0 atom stereocenters. The summed E-state index contributed by atoms with van der Waals surface area (Å²) in [5, 5.41) is 0. The average Bonchev–Trinajstić information content (AvgIpc) is 3.07. The number of H-pyrrole nitrogens is 1. The Balaban J connectivity index is 1.99. The normalized spacial score (nSPS) is 11.7. The number of imidazole rings is 1. The summed E-state index contributed by atoms with van der Waals surface area (Å²) >= 11 is 0. The molecule has 0 unspecified atom stereocenters. The number of para-hydroxylation sites is 2. The summed E-state index contributed by atoms with van der Waals surface area (Å²) in [5.74, 6) is 0.969. The van der Waals surface area contributed by atoms with Crippen LogP contribution in [-0.4, -0.2) is 9.97 Å². The Bertz CT molecular complexity index is 851. The zero-order valence-corrected chi connectivity index (χ0v) is 13.0. The first-order valence-corrected chi connectivity index (χ1v) is 7.85. The van der Waals surface area contributed by atoms with Crippen LogP contribution in [-0.2, 0) is 5.41 Å². The maximum Gasteiger partial charge on any atom is 0.122 e. The Labute approximate surface area is 135 Å². The van der Waals surface area contributed by atoms with Crippen molar-refractivity contribution < 1.29 is 0 Å². The Hall–Kier alpha value is -2.87. The predicted molar refractivity (Wildman–Crippen MR) is 94.5 cm³/mol. The lowest BCUT2D eigenvalue weighted by molar-refractivity contribution is 0.648. The van der Waals surface area contributed by atoms with E-state index in [0.29, 0.717) is 0 Å². The fourth-order valence-corrected chi connectivity index (χ4v) is 3.17. The van der Waals surface area contributed by atoms with E-state index in [-0.39, 0.29) is 5.41 Å². The third-order valence-corrected chi connectivity index (χ3v) is 4.57. The van der Waals surface area contributed by atoms with Crippen LogP contribution >= 0.6 is 0 Å². The molecule has 23 heavy (non-hydrogen) atoms. The lowest BCUT2D eigenvalue weighted by Crippen LogP contribution is -2.26. The summed E-state index contributed by atoms with van der Waals surface area (Å²) in [6.07, 6.45) is 0. The smallest absolute Gasteiger partial charge is 0.122 e. The quantitative estimate of drug-likeness (QED) is 0.571. The molecule has 0 saturated heterocycles. The minimum absolute atomic E-state index is 0.318. The summed E-state index contributed by atoms with van der Waals surface area (Å²) in [6, 6.07) is 29.3. The van der Waals surface area contributed by atoms with Crippen LogP contribution in [0.1, 0.15) is 23.9 Å². The van der Waals surface area contributed by atoms with Crippen molar-refractivity contribution in [1.82, 2.24) is 9.97 Å². The first-order valence-electron chi connectivity index (χ1n) is 7.85. The summed E-state index contributed by atoms with van der Waals surface area (Å²) < 4.78 is 0. The van der Waals surface area contributed by atoms with Gasteiger partial charge in [-0.3, -0.25) is 0 Å². The van der Waals surface area contributed by atoms with Gasteiger partial charge in [0.1, 0.15) is 5.82 Å². The van der Waals surface area contributed by atoms with Gasteiger partial charge in [0.2, 0.25) is 0 Å². The van der Waals surface area contributed by atoms with E-state index in [4.69, 9.17) is 4.98 Å². The molecule has 0 saturated carbocycles. The number of benzene rings is 3. The van der Waals surface area contributed by atoms with Crippen molar-refractivity contribution in [2.45, 2.75) is 12.3 Å². The molecule has 0 aliphatic carbocycles. The van der Waals surface area contributed by atoms with Crippen LogP contribution in [0.15, 0.2) is 84.9 Å². The van der Waals surface area contributed by atoms with Gasteiger partial charge in [-0.1, -0.05) is 72.8 Å². The lowest BCUT2D eigenvalue weighted by Gasteiger charge is -2.29. The van der Waals surface area contributed by atoms with Crippen molar-refractivity contribution in [3.8, 4) is 0 Å². The number of rotatable bonds is 3. The van der Waals surface area contributed by atoms with Crippen LogP contribution in [0.2, 0.25) is 0 Å². The van der Waals surface area contributed by atoms with Gasteiger partial charge in [0.05, 0.1) is 16.4 Å². The first kappa shape index (κ1) is 13.8. The molecule has 0 aliphatic heterocycles. The maximum atomic E-state index is 4.88. The maximum absolute atomic E-state index is 4.88. The third kappa shape index (κ3) is 2.23. The number of aromatic nitrogens is 2. The fraction of sp³-hybridized carbons (Fsp3) is 0.0952. The molecule has 0 radical (unpaired) electrons. The SMILES string of the molecule is CC(c1ccccc1)(c1ccccc1)c1nc2ccccc2[nH]1. The highest BCUT2D eigenvalue weighted by atomic mass is 14.9. The summed E-state index contributed by atoms with van der Waals surface area (Å²) in [4.78, 5) is 8.40. The van der Waals surface area contributed by atoms with Crippen LogP contribution in [0, 0.1) is 0 Å². The molecule has 1 aromatic heterocycles. The number of fused-ring (bicyclic) bond motifs is 1. The second-order valence-electron chi connectivity index (χ2n) is 5.96. The van der Waals surface area contributed by atoms with Crippen LogP contribution in [0.4, 0.5) is 0 Å². The number of nitrogens with zero attached hydrogens (tertiary/aromatic N) is 1. The predicted octanol–water partition coefficient (Wildman–Crippen LogP) is 4.92. The highest BCUT2D eigenvalue weighted by molar-refractivity contribution is 5.75. The van der Waals surface area contributed by atoms with Gasteiger partial charge in [0, 0.05) is 0 Å². The van der Waals surface area contributed by atoms with Crippen LogP contribution < -0.4 is 0 Å². The van der Waals surface area contributed by atoms with Crippen LogP contribution in [0.3, 0.4) is 0 Å². The van der Waals surface area contributed by atoms with Crippen molar-refractivity contribution in [2.24, 2.45) is 0 Å². The largest absolute Gasteiger partial charge is 0.341 e. The molecule has 1 heterocycles. The van der Waals surface area contributed by atoms with Gasteiger partial charge >= 0.3 is 0 Å². The Morgan fingerprint density at radius 2 is 1.22 bits per heavy atom. The minimum atomic E-state index is -0.318. The summed E-state index contributed by atoms with van der Waals surface area (Å²) in [6.45, 7) is 2.23. The van der Waals surface area contributed by atoms with Gasteiger partial charge in [0.15, 0.2) is 0 Å². The van der Waals surface area contributed by atoms with E-state index >= 15 is 0 Å². The molecule has 0 spiro atoms. The Morgan fingerprint density at radius 3 is 1.78 bits per heavy atom. The van der Waals surface area contributed by atoms with Crippen molar-refractivity contribution in [3.63, 3.8) is 0 Å². The monoisotopic (exact) mass is 298 g/mol. The zero-order valence-electron chi connectivity index (χ0n) is 13.0. The Kier molecular flexibility index (Phi) is 3.23. The third-order valence-electron chi connectivity index (χ3n) is 4.57. The topological polar surface area (TPSA) is 28.7 Å². The average molecular weight is 298 g/mol. The summed E-state index contributed by atoms with van der Waals surface area (Å²) in [5.41, 5.74) is 4.21. The number of aromatic amines is 1. The number of hydrogen-bond acceptors (Lipinski definition) is 1.